The van der Waals surface area contributed by atoms with E-state index < -0.39 is 0 Å². The summed E-state index contributed by atoms with van der Waals surface area (Å²) in [5.74, 6) is 0.571. The van der Waals surface area contributed by atoms with Gasteiger partial charge in [-0.25, -0.2) is 0 Å². The summed E-state index contributed by atoms with van der Waals surface area (Å²) in [6, 6.07) is 9.19. The van der Waals surface area contributed by atoms with E-state index in [1.54, 1.807) is 17.0 Å². The van der Waals surface area contributed by atoms with Gasteiger partial charge in [0.25, 0.3) is 5.91 Å². The zero-order chi connectivity index (χ0) is 22.8. The number of ether oxygens (including phenoxy) is 2. The molecule has 1 amide bonds. The summed E-state index contributed by atoms with van der Waals surface area (Å²) in [5.41, 5.74) is 1.75. The number of rotatable bonds is 6. The molecule has 1 atom stereocenters. The first-order valence-corrected chi connectivity index (χ1v) is 13.3. The molecule has 0 aromatic heterocycles. The molecule has 4 nitrogen and oxygen atoms in total. The van der Waals surface area contributed by atoms with Gasteiger partial charge in [-0.15, -0.1) is 0 Å². The molecule has 0 radical (unpaired) electrons. The van der Waals surface area contributed by atoms with Gasteiger partial charge in [-0.1, -0.05) is 53.2 Å². The number of thiocarbonyl (C=S) groups is 1. The number of hydrogen-bond acceptors (Lipinski definition) is 5. The van der Waals surface area contributed by atoms with Gasteiger partial charge in [0.05, 0.1) is 36.5 Å². The summed E-state index contributed by atoms with van der Waals surface area (Å²) in [5, 5.41) is 0.987. The van der Waals surface area contributed by atoms with E-state index in [1.807, 2.05) is 24.3 Å². The second kappa shape index (κ2) is 10.8. The van der Waals surface area contributed by atoms with Gasteiger partial charge < -0.3 is 9.47 Å². The Balaban J connectivity index is 1.47. The van der Waals surface area contributed by atoms with Gasteiger partial charge in [-0.2, -0.15) is 0 Å². The number of nitrogens with zero attached hydrogens (tertiary/aromatic N) is 1. The van der Waals surface area contributed by atoms with Crippen molar-refractivity contribution in [2.75, 3.05) is 13.2 Å². The molecule has 0 saturated carbocycles. The SMILES string of the molecule is O=C1/C(=C/c2cc(Br)c(OCc3ccc(Cl)c(Cl)c3)c(Br)c2)SC(=S)N1C[C@H]1CCCO1. The van der Waals surface area contributed by atoms with Crippen LogP contribution in [0.2, 0.25) is 10.0 Å². The maximum absolute atomic E-state index is 12.9. The van der Waals surface area contributed by atoms with E-state index in [2.05, 4.69) is 31.9 Å². The average molecular weight is 638 g/mol. The molecule has 2 aromatic rings. The summed E-state index contributed by atoms with van der Waals surface area (Å²) in [4.78, 5) is 15.1. The van der Waals surface area contributed by atoms with E-state index in [9.17, 15) is 4.79 Å². The van der Waals surface area contributed by atoms with Crippen LogP contribution in [0.5, 0.6) is 5.75 Å². The molecule has 0 unspecified atom stereocenters. The van der Waals surface area contributed by atoms with Crippen molar-refractivity contribution in [2.24, 2.45) is 0 Å². The molecule has 2 heterocycles. The summed E-state index contributed by atoms with van der Waals surface area (Å²) in [7, 11) is 0. The Bertz CT molecular complexity index is 1080. The lowest BCUT2D eigenvalue weighted by molar-refractivity contribution is -0.123. The predicted molar refractivity (Wildman–Crippen MR) is 141 cm³/mol. The maximum atomic E-state index is 12.9. The number of carbonyl (C=O) groups is 1. The topological polar surface area (TPSA) is 38.8 Å². The van der Waals surface area contributed by atoms with Gasteiger partial charge >= 0.3 is 0 Å². The molecule has 0 bridgehead atoms. The first-order valence-electron chi connectivity index (χ1n) is 9.74. The third kappa shape index (κ3) is 5.71. The lowest BCUT2D eigenvalue weighted by Crippen LogP contribution is -2.35. The first kappa shape index (κ1) is 24.5. The molecule has 32 heavy (non-hydrogen) atoms. The second-order valence-electron chi connectivity index (χ2n) is 7.28. The van der Waals surface area contributed by atoms with Crippen molar-refractivity contribution < 1.29 is 14.3 Å². The highest BCUT2D eigenvalue weighted by molar-refractivity contribution is 9.11. The van der Waals surface area contributed by atoms with Crippen LogP contribution in [0.25, 0.3) is 6.08 Å². The van der Waals surface area contributed by atoms with E-state index in [1.165, 1.54) is 11.8 Å². The Morgan fingerprint density at radius 3 is 2.62 bits per heavy atom. The van der Waals surface area contributed by atoms with E-state index >= 15 is 0 Å². The monoisotopic (exact) mass is 635 g/mol. The van der Waals surface area contributed by atoms with Gasteiger partial charge in [0.15, 0.2) is 0 Å². The van der Waals surface area contributed by atoms with Crippen molar-refractivity contribution >= 4 is 95.3 Å². The van der Waals surface area contributed by atoms with Crippen LogP contribution in [0, 0.1) is 0 Å². The average Bonchev–Trinajstić information content (AvgIpc) is 3.34. The maximum Gasteiger partial charge on any atom is 0.266 e. The van der Waals surface area contributed by atoms with Crippen molar-refractivity contribution in [1.82, 2.24) is 4.90 Å². The summed E-state index contributed by atoms with van der Waals surface area (Å²) < 4.78 is 13.7. The highest BCUT2D eigenvalue weighted by Gasteiger charge is 2.34. The molecule has 0 aliphatic carbocycles. The van der Waals surface area contributed by atoms with Crippen molar-refractivity contribution in [3.8, 4) is 5.75 Å². The highest BCUT2D eigenvalue weighted by Crippen LogP contribution is 2.38. The summed E-state index contributed by atoms with van der Waals surface area (Å²) in [6.07, 6.45) is 3.89. The van der Waals surface area contributed by atoms with E-state index in [0.29, 0.717) is 38.2 Å². The number of thioether (sulfide) groups is 1. The quantitative estimate of drug-likeness (QED) is 0.243. The Labute approximate surface area is 222 Å². The van der Waals surface area contributed by atoms with E-state index in [4.69, 9.17) is 44.9 Å². The van der Waals surface area contributed by atoms with Crippen LogP contribution < -0.4 is 4.74 Å². The van der Waals surface area contributed by atoms with Crippen LogP contribution in [-0.4, -0.2) is 34.4 Å². The van der Waals surface area contributed by atoms with E-state index in [0.717, 1.165) is 39.5 Å². The lowest BCUT2D eigenvalue weighted by Gasteiger charge is -2.18. The molecule has 10 heteroatoms. The normalized spacial score (nSPS) is 19.9. The second-order valence-corrected chi connectivity index (χ2v) is 11.5. The molecule has 0 spiro atoms. The van der Waals surface area contributed by atoms with Gasteiger partial charge in [0, 0.05) is 6.61 Å². The number of benzene rings is 2. The largest absolute Gasteiger partial charge is 0.487 e. The fraction of sp³-hybridized carbons (Fsp3) is 0.273. The lowest BCUT2D eigenvalue weighted by atomic mass is 10.2. The Morgan fingerprint density at radius 1 is 1.22 bits per heavy atom. The number of halogens is 4. The van der Waals surface area contributed by atoms with Gasteiger partial charge in [-0.3, -0.25) is 9.69 Å². The van der Waals surface area contributed by atoms with Crippen LogP contribution in [0.1, 0.15) is 24.0 Å². The minimum Gasteiger partial charge on any atom is -0.487 e. The predicted octanol–water partition coefficient (Wildman–Crippen LogP) is 7.48. The minimum atomic E-state index is -0.0808. The number of amides is 1. The van der Waals surface area contributed by atoms with Crippen molar-refractivity contribution in [2.45, 2.75) is 25.6 Å². The number of carbonyl (C=O) groups excluding carboxylic acids is 1. The smallest absolute Gasteiger partial charge is 0.266 e. The molecule has 2 aliphatic heterocycles. The molecule has 2 aromatic carbocycles. The molecule has 2 fully saturated rings. The van der Waals surface area contributed by atoms with Crippen molar-refractivity contribution in [1.29, 1.82) is 0 Å². The highest BCUT2D eigenvalue weighted by atomic mass is 79.9. The third-order valence-corrected chi connectivity index (χ3v) is 8.26. The van der Waals surface area contributed by atoms with Crippen molar-refractivity contribution in [3.05, 3.63) is 65.4 Å². The molecule has 168 valence electrons. The summed E-state index contributed by atoms with van der Waals surface area (Å²) >= 11 is 25.9. The Hall–Kier alpha value is -0.610. The van der Waals surface area contributed by atoms with Crippen LogP contribution in [0.15, 0.2) is 44.2 Å². The molecule has 4 rings (SSSR count). The molecular weight excluding hydrogens is 621 g/mol. The van der Waals surface area contributed by atoms with Crippen LogP contribution in [0.3, 0.4) is 0 Å². The minimum absolute atomic E-state index is 0.0621. The third-order valence-electron chi connectivity index (χ3n) is 4.97. The standard InChI is InChI=1S/C22H17Br2Cl2NO3S2/c23-15-6-13(7-16(24)20(15)30-11-12-3-4-17(25)18(26)8-12)9-19-21(28)27(22(31)32-19)10-14-2-1-5-29-14/h3-4,6-9,14H,1-2,5,10-11H2/b19-9-/t14-/m1/s1. The number of hydrogen-bond donors (Lipinski definition) is 0. The zero-order valence-electron chi connectivity index (χ0n) is 16.6. The molecular formula is C22H17Br2Cl2NO3S2. The van der Waals surface area contributed by atoms with Crippen LogP contribution in [0.4, 0.5) is 0 Å². The summed E-state index contributed by atoms with van der Waals surface area (Å²) in [6.45, 7) is 1.59. The Morgan fingerprint density at radius 2 is 1.97 bits per heavy atom. The van der Waals surface area contributed by atoms with Gasteiger partial charge in [0.1, 0.15) is 16.7 Å². The van der Waals surface area contributed by atoms with Crippen molar-refractivity contribution in [3.63, 3.8) is 0 Å². The fourth-order valence-corrected chi connectivity index (χ4v) is 6.43. The van der Waals surface area contributed by atoms with Crippen LogP contribution >= 0.6 is 79.0 Å². The van der Waals surface area contributed by atoms with Gasteiger partial charge in [-0.05, 0) is 86.2 Å². The molecule has 2 saturated heterocycles. The first-order chi connectivity index (χ1) is 15.3. The molecule has 2 aliphatic rings. The Kier molecular flexibility index (Phi) is 8.24. The molecule has 0 N–H and O–H groups in total. The van der Waals surface area contributed by atoms with E-state index in [-0.39, 0.29) is 12.0 Å². The fourth-order valence-electron chi connectivity index (χ4n) is 3.39. The van der Waals surface area contributed by atoms with Crippen LogP contribution in [-0.2, 0) is 16.1 Å². The van der Waals surface area contributed by atoms with Gasteiger partial charge in [0.2, 0.25) is 0 Å². The zero-order valence-corrected chi connectivity index (χ0v) is 22.9.